The predicted octanol–water partition coefficient (Wildman–Crippen LogP) is 4.63. The van der Waals surface area contributed by atoms with E-state index in [-0.39, 0.29) is 0 Å². The molecule has 0 amide bonds. The fourth-order valence-electron chi connectivity index (χ4n) is 1.96. The van der Waals surface area contributed by atoms with Crippen molar-refractivity contribution in [1.82, 2.24) is 9.97 Å². The fourth-order valence-corrected chi connectivity index (χ4v) is 2.98. The maximum atomic E-state index is 4.64. The minimum absolute atomic E-state index is 0.849. The number of aromatic nitrogens is 2. The van der Waals surface area contributed by atoms with Crippen LogP contribution in [0.1, 0.15) is 37.2 Å². The van der Waals surface area contributed by atoms with Crippen LogP contribution < -0.4 is 5.32 Å². The van der Waals surface area contributed by atoms with Gasteiger partial charge in [-0.2, -0.15) is 0 Å². The summed E-state index contributed by atoms with van der Waals surface area (Å²) < 4.78 is 0. The summed E-state index contributed by atoms with van der Waals surface area (Å²) in [5.74, 6) is 1.82. The SMILES string of the molecule is CCCNc1cc(Sc2cc(C)ccc2C)nc(CC)n1. The van der Waals surface area contributed by atoms with E-state index in [9.17, 15) is 0 Å². The maximum absolute atomic E-state index is 4.64. The largest absolute Gasteiger partial charge is 0.370 e. The lowest BCUT2D eigenvalue weighted by Crippen LogP contribution is -2.05. The number of hydrogen-bond acceptors (Lipinski definition) is 4. The van der Waals surface area contributed by atoms with E-state index in [1.165, 1.54) is 16.0 Å². The molecular formula is C17H23N3S. The topological polar surface area (TPSA) is 37.8 Å². The molecule has 21 heavy (non-hydrogen) atoms. The molecule has 3 nitrogen and oxygen atoms in total. The van der Waals surface area contributed by atoms with Gasteiger partial charge in [-0.1, -0.05) is 37.7 Å². The Labute approximate surface area is 131 Å². The first-order valence-electron chi connectivity index (χ1n) is 7.49. The molecule has 0 aliphatic heterocycles. The van der Waals surface area contributed by atoms with E-state index < -0.39 is 0 Å². The van der Waals surface area contributed by atoms with Crippen LogP contribution in [-0.4, -0.2) is 16.5 Å². The number of nitrogens with zero attached hydrogens (tertiary/aromatic N) is 2. The van der Waals surface area contributed by atoms with Gasteiger partial charge in [0.25, 0.3) is 0 Å². The molecule has 0 atom stereocenters. The Bertz CT molecular complexity index is 611. The highest BCUT2D eigenvalue weighted by atomic mass is 32.2. The van der Waals surface area contributed by atoms with Gasteiger partial charge in [-0.05, 0) is 37.5 Å². The summed E-state index contributed by atoms with van der Waals surface area (Å²) in [6, 6.07) is 8.56. The van der Waals surface area contributed by atoms with Crippen LogP contribution in [0.4, 0.5) is 5.82 Å². The van der Waals surface area contributed by atoms with Crippen LogP contribution in [0.2, 0.25) is 0 Å². The lowest BCUT2D eigenvalue weighted by atomic mass is 10.2. The Morgan fingerprint density at radius 2 is 1.90 bits per heavy atom. The minimum Gasteiger partial charge on any atom is -0.370 e. The zero-order valence-electron chi connectivity index (χ0n) is 13.2. The first-order chi connectivity index (χ1) is 10.1. The molecule has 0 spiro atoms. The molecule has 0 radical (unpaired) electrons. The first kappa shape index (κ1) is 15.8. The zero-order valence-corrected chi connectivity index (χ0v) is 14.0. The maximum Gasteiger partial charge on any atom is 0.131 e. The third-order valence-corrected chi connectivity index (χ3v) is 4.26. The van der Waals surface area contributed by atoms with Gasteiger partial charge in [0.1, 0.15) is 16.7 Å². The molecule has 0 saturated heterocycles. The highest BCUT2D eigenvalue weighted by Gasteiger charge is 2.07. The second kappa shape index (κ2) is 7.46. The summed E-state index contributed by atoms with van der Waals surface area (Å²) >= 11 is 1.71. The summed E-state index contributed by atoms with van der Waals surface area (Å²) in [5, 5.41) is 4.37. The smallest absolute Gasteiger partial charge is 0.131 e. The van der Waals surface area contributed by atoms with Gasteiger partial charge >= 0.3 is 0 Å². The summed E-state index contributed by atoms with van der Waals surface area (Å²) in [6.45, 7) is 9.44. The van der Waals surface area contributed by atoms with Gasteiger partial charge in [-0.25, -0.2) is 9.97 Å². The van der Waals surface area contributed by atoms with Crippen molar-refractivity contribution < 1.29 is 0 Å². The molecule has 112 valence electrons. The van der Waals surface area contributed by atoms with Crippen molar-refractivity contribution in [2.24, 2.45) is 0 Å². The number of rotatable bonds is 6. The standard InChI is InChI=1S/C17H23N3S/c1-5-9-18-16-11-17(20-15(6-2)19-16)21-14-10-12(3)7-8-13(14)4/h7-8,10-11H,5-6,9H2,1-4H3,(H,18,19,20). The molecule has 0 aliphatic rings. The number of nitrogens with one attached hydrogen (secondary N) is 1. The molecule has 1 aromatic carbocycles. The van der Waals surface area contributed by atoms with Crippen LogP contribution in [0.25, 0.3) is 0 Å². The summed E-state index contributed by atoms with van der Waals surface area (Å²) in [7, 11) is 0. The molecule has 0 unspecified atom stereocenters. The van der Waals surface area contributed by atoms with Crippen molar-refractivity contribution in [3.8, 4) is 0 Å². The molecule has 0 bridgehead atoms. The molecule has 0 aliphatic carbocycles. The summed E-state index contributed by atoms with van der Waals surface area (Å²) in [4.78, 5) is 10.4. The minimum atomic E-state index is 0.849. The number of anilines is 1. The highest BCUT2D eigenvalue weighted by Crippen LogP contribution is 2.30. The van der Waals surface area contributed by atoms with Gasteiger partial charge in [0.2, 0.25) is 0 Å². The van der Waals surface area contributed by atoms with Crippen molar-refractivity contribution in [2.75, 3.05) is 11.9 Å². The zero-order chi connectivity index (χ0) is 15.2. The monoisotopic (exact) mass is 301 g/mol. The van der Waals surface area contributed by atoms with Crippen molar-refractivity contribution in [3.05, 3.63) is 41.2 Å². The molecule has 2 rings (SSSR count). The van der Waals surface area contributed by atoms with Crippen molar-refractivity contribution in [3.63, 3.8) is 0 Å². The Morgan fingerprint density at radius 3 is 2.62 bits per heavy atom. The first-order valence-corrected chi connectivity index (χ1v) is 8.31. The molecule has 4 heteroatoms. The third-order valence-electron chi connectivity index (χ3n) is 3.18. The van der Waals surface area contributed by atoms with Gasteiger partial charge in [0, 0.05) is 23.9 Å². The molecule has 0 fully saturated rings. The Morgan fingerprint density at radius 1 is 1.10 bits per heavy atom. The summed E-state index contributed by atoms with van der Waals surface area (Å²) in [5.41, 5.74) is 2.56. The number of hydrogen-bond donors (Lipinski definition) is 1. The molecule has 0 saturated carbocycles. The number of aryl methyl sites for hydroxylation is 3. The van der Waals surface area contributed by atoms with Crippen LogP contribution in [0.5, 0.6) is 0 Å². The second-order valence-electron chi connectivity index (χ2n) is 5.16. The lowest BCUT2D eigenvalue weighted by molar-refractivity contribution is 0.877. The van der Waals surface area contributed by atoms with E-state index in [1.54, 1.807) is 11.8 Å². The van der Waals surface area contributed by atoms with Crippen molar-refractivity contribution in [2.45, 2.75) is 50.5 Å². The fraction of sp³-hybridized carbons (Fsp3) is 0.412. The number of benzene rings is 1. The Balaban J connectivity index is 2.27. The third kappa shape index (κ3) is 4.46. The second-order valence-corrected chi connectivity index (χ2v) is 6.22. The summed E-state index contributed by atoms with van der Waals surface area (Å²) in [6.07, 6.45) is 1.94. The average molecular weight is 301 g/mol. The normalized spacial score (nSPS) is 10.7. The van der Waals surface area contributed by atoms with Crippen molar-refractivity contribution in [1.29, 1.82) is 0 Å². The van der Waals surface area contributed by atoms with Gasteiger partial charge in [-0.3, -0.25) is 0 Å². The van der Waals surface area contributed by atoms with E-state index in [0.717, 1.165) is 36.1 Å². The van der Waals surface area contributed by atoms with Gasteiger partial charge in [-0.15, -0.1) is 0 Å². The molecular weight excluding hydrogens is 278 g/mol. The molecule has 1 heterocycles. The van der Waals surface area contributed by atoms with Crippen LogP contribution in [-0.2, 0) is 6.42 Å². The van der Waals surface area contributed by atoms with E-state index >= 15 is 0 Å². The van der Waals surface area contributed by atoms with Gasteiger partial charge < -0.3 is 5.32 Å². The van der Waals surface area contributed by atoms with E-state index in [2.05, 4.69) is 61.2 Å². The Kier molecular flexibility index (Phi) is 5.62. The Hall–Kier alpha value is -1.55. The van der Waals surface area contributed by atoms with Crippen LogP contribution >= 0.6 is 11.8 Å². The quantitative estimate of drug-likeness (QED) is 0.789. The predicted molar refractivity (Wildman–Crippen MR) is 90.2 cm³/mol. The van der Waals surface area contributed by atoms with Gasteiger partial charge in [0.05, 0.1) is 0 Å². The highest BCUT2D eigenvalue weighted by molar-refractivity contribution is 7.99. The van der Waals surface area contributed by atoms with Crippen LogP contribution in [0.3, 0.4) is 0 Å². The molecule has 1 aromatic heterocycles. The lowest BCUT2D eigenvalue weighted by Gasteiger charge is -2.10. The average Bonchev–Trinajstić information content (AvgIpc) is 2.48. The van der Waals surface area contributed by atoms with Crippen molar-refractivity contribution >= 4 is 17.6 Å². The van der Waals surface area contributed by atoms with E-state index in [4.69, 9.17) is 0 Å². The van der Waals surface area contributed by atoms with Crippen LogP contribution in [0.15, 0.2) is 34.2 Å². The van der Waals surface area contributed by atoms with Gasteiger partial charge in [0.15, 0.2) is 0 Å². The molecule has 2 aromatic rings. The van der Waals surface area contributed by atoms with E-state index in [1.807, 2.05) is 6.07 Å². The molecule has 1 N–H and O–H groups in total. The van der Waals surface area contributed by atoms with Crippen LogP contribution in [0, 0.1) is 13.8 Å². The van der Waals surface area contributed by atoms with E-state index in [0.29, 0.717) is 0 Å².